The van der Waals surface area contributed by atoms with Gasteiger partial charge in [0.05, 0.1) is 25.1 Å². The summed E-state index contributed by atoms with van der Waals surface area (Å²) in [5.74, 6) is 1.49. The monoisotopic (exact) mass is 371 g/mol. The summed E-state index contributed by atoms with van der Waals surface area (Å²) >= 11 is 0. The molecular formula is C21H17N5O2. The van der Waals surface area contributed by atoms with Crippen molar-refractivity contribution in [2.75, 3.05) is 31.2 Å². The number of benzene rings is 1. The Hall–Kier alpha value is -3.32. The number of ether oxygens (including phenoxy) is 1. The van der Waals surface area contributed by atoms with Crippen LogP contribution in [0.25, 0.3) is 33.6 Å². The van der Waals surface area contributed by atoms with Crippen molar-refractivity contribution in [3.05, 3.63) is 47.7 Å². The lowest BCUT2D eigenvalue weighted by molar-refractivity contribution is 0.122. The predicted octanol–water partition coefficient (Wildman–Crippen LogP) is 3.21. The van der Waals surface area contributed by atoms with E-state index in [0.29, 0.717) is 36.9 Å². The Morgan fingerprint density at radius 1 is 1.04 bits per heavy atom. The number of morpholine rings is 1. The molecule has 0 atom stereocenters. The third-order valence-electron chi connectivity index (χ3n) is 5.28. The zero-order valence-electron chi connectivity index (χ0n) is 15.1. The topological polar surface area (TPSA) is 76.6 Å². The number of fused-ring (bicyclic) bond motifs is 4. The molecule has 1 aromatic carbocycles. The summed E-state index contributed by atoms with van der Waals surface area (Å²) in [6.45, 7) is 3.60. The molecule has 6 rings (SSSR count). The second-order valence-electron chi connectivity index (χ2n) is 6.99. The van der Waals surface area contributed by atoms with Crippen LogP contribution in [0.15, 0.2) is 45.9 Å². The molecule has 0 unspecified atom stereocenters. The second kappa shape index (κ2) is 6.10. The second-order valence-corrected chi connectivity index (χ2v) is 6.99. The minimum atomic E-state index is 0.584. The summed E-state index contributed by atoms with van der Waals surface area (Å²) in [6, 6.07) is 10.2. The van der Waals surface area contributed by atoms with Crippen LogP contribution in [0.2, 0.25) is 0 Å². The molecule has 28 heavy (non-hydrogen) atoms. The molecule has 138 valence electrons. The Labute approximate surface area is 160 Å². The molecule has 0 bridgehead atoms. The van der Waals surface area contributed by atoms with E-state index < -0.39 is 0 Å². The van der Waals surface area contributed by atoms with Crippen LogP contribution in [0.5, 0.6) is 0 Å². The molecule has 3 aromatic heterocycles. The summed E-state index contributed by atoms with van der Waals surface area (Å²) < 4.78 is 11.6. The smallest absolute Gasteiger partial charge is 0.229 e. The molecular weight excluding hydrogens is 354 g/mol. The van der Waals surface area contributed by atoms with Crippen molar-refractivity contribution in [1.29, 1.82) is 0 Å². The molecule has 0 radical (unpaired) electrons. The molecule has 0 N–H and O–H groups in total. The van der Waals surface area contributed by atoms with Gasteiger partial charge in [0.2, 0.25) is 5.71 Å². The van der Waals surface area contributed by atoms with Crippen molar-refractivity contribution in [2.24, 2.45) is 4.99 Å². The number of furan rings is 1. The highest BCUT2D eigenvalue weighted by Crippen LogP contribution is 2.34. The van der Waals surface area contributed by atoms with Crippen molar-refractivity contribution in [2.45, 2.75) is 6.54 Å². The zero-order valence-corrected chi connectivity index (χ0v) is 15.1. The molecule has 7 nitrogen and oxygen atoms in total. The average Bonchev–Trinajstić information content (AvgIpc) is 3.37. The third-order valence-corrected chi connectivity index (χ3v) is 5.28. The van der Waals surface area contributed by atoms with Gasteiger partial charge in [-0.05, 0) is 29.3 Å². The van der Waals surface area contributed by atoms with E-state index in [1.54, 1.807) is 6.20 Å². The fourth-order valence-electron chi connectivity index (χ4n) is 3.83. The number of anilines is 1. The highest BCUT2D eigenvalue weighted by molar-refractivity contribution is 6.05. The predicted molar refractivity (Wildman–Crippen MR) is 107 cm³/mol. The van der Waals surface area contributed by atoms with E-state index >= 15 is 0 Å². The fraction of sp³-hybridized carbons (Fsp3) is 0.238. The van der Waals surface area contributed by atoms with Gasteiger partial charge in [-0.15, -0.1) is 0 Å². The lowest BCUT2D eigenvalue weighted by Gasteiger charge is -2.27. The van der Waals surface area contributed by atoms with Crippen molar-refractivity contribution in [3.8, 4) is 11.4 Å². The SMILES string of the molecule is C1=NCc2cc(-c3nc(N4CCOCC4)c4oc5ncccc5c4n3)ccc21. The minimum absolute atomic E-state index is 0.584. The minimum Gasteiger partial charge on any atom is -0.432 e. The highest BCUT2D eigenvalue weighted by atomic mass is 16.5. The Kier molecular flexibility index (Phi) is 3.42. The summed E-state index contributed by atoms with van der Waals surface area (Å²) in [6.07, 6.45) is 3.64. The number of nitrogens with zero attached hydrogens (tertiary/aromatic N) is 5. The molecule has 0 aliphatic carbocycles. The van der Waals surface area contributed by atoms with Crippen LogP contribution in [0, 0.1) is 0 Å². The molecule has 4 aromatic rings. The van der Waals surface area contributed by atoms with Gasteiger partial charge in [0.1, 0.15) is 5.52 Å². The van der Waals surface area contributed by atoms with Gasteiger partial charge in [0, 0.05) is 31.1 Å². The van der Waals surface area contributed by atoms with Gasteiger partial charge in [-0.2, -0.15) is 0 Å². The quantitative estimate of drug-likeness (QED) is 0.539. The van der Waals surface area contributed by atoms with Crippen LogP contribution in [0.4, 0.5) is 5.82 Å². The van der Waals surface area contributed by atoms with Gasteiger partial charge in [-0.3, -0.25) is 4.99 Å². The van der Waals surface area contributed by atoms with Crippen molar-refractivity contribution >= 4 is 34.2 Å². The van der Waals surface area contributed by atoms with E-state index in [2.05, 4.69) is 33.1 Å². The van der Waals surface area contributed by atoms with E-state index in [1.165, 1.54) is 5.56 Å². The standard InChI is InChI=1S/C21H17N5O2/c1-2-16-17-18(28-21(16)23-5-1)20(26-6-8-27-9-7-26)25-19(24-17)13-3-4-14-11-22-12-15(14)10-13/h1-5,10-11H,6-9,12H2. The number of pyridine rings is 1. The molecule has 2 aliphatic rings. The molecule has 1 fully saturated rings. The molecule has 0 saturated carbocycles. The number of hydrogen-bond donors (Lipinski definition) is 0. The summed E-state index contributed by atoms with van der Waals surface area (Å²) in [5, 5.41) is 0.903. The molecule has 5 heterocycles. The Morgan fingerprint density at radius 3 is 2.89 bits per heavy atom. The molecule has 0 amide bonds. The summed E-state index contributed by atoms with van der Waals surface area (Å²) in [5.41, 5.74) is 5.42. The third kappa shape index (κ3) is 2.40. The van der Waals surface area contributed by atoms with Crippen LogP contribution >= 0.6 is 0 Å². The lowest BCUT2D eigenvalue weighted by atomic mass is 10.1. The van der Waals surface area contributed by atoms with Gasteiger partial charge < -0.3 is 14.1 Å². The number of hydrogen-bond acceptors (Lipinski definition) is 7. The van der Waals surface area contributed by atoms with Crippen molar-refractivity contribution < 1.29 is 9.15 Å². The molecule has 1 saturated heterocycles. The first-order valence-electron chi connectivity index (χ1n) is 9.38. The molecule has 7 heteroatoms. The van der Waals surface area contributed by atoms with E-state index in [4.69, 9.17) is 19.1 Å². The largest absolute Gasteiger partial charge is 0.432 e. The van der Waals surface area contributed by atoms with Crippen LogP contribution < -0.4 is 4.90 Å². The van der Waals surface area contributed by atoms with Crippen molar-refractivity contribution in [1.82, 2.24) is 15.0 Å². The van der Waals surface area contributed by atoms with Crippen LogP contribution in [0.1, 0.15) is 11.1 Å². The maximum absolute atomic E-state index is 6.06. The molecule has 2 aliphatic heterocycles. The Bertz CT molecular complexity index is 1240. The van der Waals surface area contributed by atoms with Crippen LogP contribution in [-0.4, -0.2) is 47.5 Å². The van der Waals surface area contributed by atoms with Crippen molar-refractivity contribution in [3.63, 3.8) is 0 Å². The van der Waals surface area contributed by atoms with Gasteiger partial charge >= 0.3 is 0 Å². The Balaban J connectivity index is 1.59. The van der Waals surface area contributed by atoms with Gasteiger partial charge in [0.15, 0.2) is 17.2 Å². The van der Waals surface area contributed by atoms with Crippen LogP contribution in [0.3, 0.4) is 0 Å². The first-order valence-corrected chi connectivity index (χ1v) is 9.38. The average molecular weight is 371 g/mol. The number of aliphatic imine (C=N–C) groups is 1. The van der Waals surface area contributed by atoms with Gasteiger partial charge in [-0.1, -0.05) is 12.1 Å². The maximum atomic E-state index is 6.06. The van der Waals surface area contributed by atoms with E-state index in [-0.39, 0.29) is 0 Å². The number of aromatic nitrogens is 3. The lowest BCUT2D eigenvalue weighted by Crippen LogP contribution is -2.37. The highest BCUT2D eigenvalue weighted by Gasteiger charge is 2.23. The maximum Gasteiger partial charge on any atom is 0.229 e. The molecule has 0 spiro atoms. The summed E-state index contributed by atoms with van der Waals surface area (Å²) in [7, 11) is 0. The normalized spacial score (nSPS) is 16.2. The van der Waals surface area contributed by atoms with Gasteiger partial charge in [-0.25, -0.2) is 15.0 Å². The number of rotatable bonds is 2. The van der Waals surface area contributed by atoms with E-state index in [1.807, 2.05) is 18.3 Å². The fourth-order valence-corrected chi connectivity index (χ4v) is 3.83. The summed E-state index contributed by atoms with van der Waals surface area (Å²) in [4.78, 5) is 20.7. The van der Waals surface area contributed by atoms with Crippen LogP contribution in [-0.2, 0) is 11.3 Å². The first kappa shape index (κ1) is 15.7. The zero-order chi connectivity index (χ0) is 18.5. The van der Waals surface area contributed by atoms with E-state index in [0.717, 1.165) is 40.9 Å². The van der Waals surface area contributed by atoms with E-state index in [9.17, 15) is 0 Å². The first-order chi connectivity index (χ1) is 13.9. The Morgan fingerprint density at radius 2 is 1.96 bits per heavy atom. The van der Waals surface area contributed by atoms with Gasteiger partial charge in [0.25, 0.3) is 0 Å².